The second-order valence-electron chi connectivity index (χ2n) is 6.45. The van der Waals surface area contributed by atoms with Crippen molar-refractivity contribution < 1.29 is 4.79 Å². The Hall–Kier alpha value is -1.63. The van der Waals surface area contributed by atoms with E-state index >= 15 is 0 Å². The van der Waals surface area contributed by atoms with E-state index in [1.54, 1.807) is 6.92 Å². The van der Waals surface area contributed by atoms with Crippen molar-refractivity contribution in [3.63, 3.8) is 0 Å². The summed E-state index contributed by atoms with van der Waals surface area (Å²) in [6.45, 7) is 8.38. The first-order valence-electron chi connectivity index (χ1n) is 7.92. The molecule has 21 heavy (non-hydrogen) atoms. The van der Waals surface area contributed by atoms with Gasteiger partial charge in [-0.05, 0) is 36.2 Å². The SMILES string of the molecule is CC(=O)[C@@H]1[C@H]([C@H](C)/C=C\c2ccccc2)C(C)C=C[C@@H]1C. The lowest BCUT2D eigenvalue weighted by atomic mass is 9.65. The van der Waals surface area contributed by atoms with Crippen molar-refractivity contribution in [1.82, 2.24) is 0 Å². The standard InChI is InChI=1S/C20H26O/c1-14-10-11-16(3)20(17(4)21)19(14)15(2)12-13-18-8-6-5-7-9-18/h5-16,19-20H,1-4H3/b13-12-/t14?,15-,16+,19+,20-/m1/s1. The molecule has 0 N–H and O–H groups in total. The number of hydrogen-bond donors (Lipinski definition) is 0. The molecule has 2 rings (SSSR count). The molecule has 1 nitrogen and oxygen atoms in total. The third-order valence-corrected chi connectivity index (χ3v) is 4.77. The Bertz CT molecular complexity index is 526. The molecule has 0 fully saturated rings. The summed E-state index contributed by atoms with van der Waals surface area (Å²) in [6, 6.07) is 10.4. The molecule has 1 aromatic rings. The maximum Gasteiger partial charge on any atom is 0.133 e. The van der Waals surface area contributed by atoms with Crippen LogP contribution in [0.3, 0.4) is 0 Å². The third-order valence-electron chi connectivity index (χ3n) is 4.77. The van der Waals surface area contributed by atoms with Crippen LogP contribution in [0.2, 0.25) is 0 Å². The zero-order valence-corrected chi connectivity index (χ0v) is 13.5. The molecule has 0 saturated heterocycles. The predicted octanol–water partition coefficient (Wildman–Crippen LogP) is 5.00. The summed E-state index contributed by atoms with van der Waals surface area (Å²) in [5, 5.41) is 0. The van der Waals surface area contributed by atoms with Crippen LogP contribution in [0.15, 0.2) is 48.6 Å². The minimum absolute atomic E-state index is 0.139. The normalized spacial score (nSPS) is 30.5. The molecule has 0 saturated carbocycles. The first kappa shape index (κ1) is 15.8. The highest BCUT2D eigenvalue weighted by molar-refractivity contribution is 5.79. The van der Waals surface area contributed by atoms with Crippen LogP contribution in [0, 0.1) is 29.6 Å². The number of Topliss-reactive ketones (excluding diaryl/α,β-unsaturated/α-hetero) is 1. The number of benzene rings is 1. The van der Waals surface area contributed by atoms with Gasteiger partial charge in [0.2, 0.25) is 0 Å². The molecule has 1 heteroatoms. The maximum atomic E-state index is 12.1. The van der Waals surface area contributed by atoms with E-state index in [2.05, 4.69) is 69.3 Å². The Morgan fingerprint density at radius 2 is 1.71 bits per heavy atom. The van der Waals surface area contributed by atoms with Crippen LogP contribution in [0.25, 0.3) is 6.08 Å². The molecule has 112 valence electrons. The van der Waals surface area contributed by atoms with Crippen LogP contribution in [0.4, 0.5) is 0 Å². The molecular formula is C20H26O. The Labute approximate surface area is 128 Å². The summed E-state index contributed by atoms with van der Waals surface area (Å²) < 4.78 is 0. The van der Waals surface area contributed by atoms with Gasteiger partial charge < -0.3 is 0 Å². The van der Waals surface area contributed by atoms with Gasteiger partial charge in [-0.1, -0.05) is 75.4 Å². The van der Waals surface area contributed by atoms with E-state index < -0.39 is 0 Å². The molecule has 0 heterocycles. The molecule has 5 atom stereocenters. The fourth-order valence-electron chi connectivity index (χ4n) is 3.68. The Kier molecular flexibility index (Phi) is 5.17. The highest BCUT2D eigenvalue weighted by Crippen LogP contribution is 2.40. The monoisotopic (exact) mass is 282 g/mol. The highest BCUT2D eigenvalue weighted by Gasteiger charge is 2.37. The van der Waals surface area contributed by atoms with E-state index in [1.165, 1.54) is 5.56 Å². The topological polar surface area (TPSA) is 17.1 Å². The molecule has 0 aliphatic heterocycles. The summed E-state index contributed by atoms with van der Waals surface area (Å²) in [5.41, 5.74) is 1.22. The number of rotatable bonds is 4. The van der Waals surface area contributed by atoms with Crippen molar-refractivity contribution in [2.24, 2.45) is 29.6 Å². The van der Waals surface area contributed by atoms with E-state index in [4.69, 9.17) is 0 Å². The minimum Gasteiger partial charge on any atom is -0.300 e. The van der Waals surface area contributed by atoms with Gasteiger partial charge in [0.05, 0.1) is 0 Å². The minimum atomic E-state index is 0.139. The van der Waals surface area contributed by atoms with Gasteiger partial charge in [-0.15, -0.1) is 0 Å². The molecule has 1 aliphatic carbocycles. The van der Waals surface area contributed by atoms with Crippen molar-refractivity contribution in [3.8, 4) is 0 Å². The van der Waals surface area contributed by atoms with E-state index in [9.17, 15) is 4.79 Å². The smallest absolute Gasteiger partial charge is 0.133 e. The Morgan fingerprint density at radius 3 is 2.33 bits per heavy atom. The number of carbonyl (C=O) groups excluding carboxylic acids is 1. The van der Waals surface area contributed by atoms with Crippen molar-refractivity contribution in [2.45, 2.75) is 27.7 Å². The van der Waals surface area contributed by atoms with Crippen molar-refractivity contribution in [3.05, 3.63) is 54.1 Å². The zero-order chi connectivity index (χ0) is 15.4. The van der Waals surface area contributed by atoms with Crippen LogP contribution >= 0.6 is 0 Å². The second-order valence-corrected chi connectivity index (χ2v) is 6.45. The van der Waals surface area contributed by atoms with Crippen LogP contribution in [-0.4, -0.2) is 5.78 Å². The third kappa shape index (κ3) is 3.72. The summed E-state index contributed by atoms with van der Waals surface area (Å²) >= 11 is 0. The lowest BCUT2D eigenvalue weighted by Gasteiger charge is -2.38. The molecular weight excluding hydrogens is 256 g/mol. The first-order valence-corrected chi connectivity index (χ1v) is 7.92. The van der Waals surface area contributed by atoms with Gasteiger partial charge in [-0.2, -0.15) is 0 Å². The van der Waals surface area contributed by atoms with Gasteiger partial charge in [0, 0.05) is 5.92 Å². The summed E-state index contributed by atoms with van der Waals surface area (Å²) in [7, 11) is 0. The highest BCUT2D eigenvalue weighted by atomic mass is 16.1. The lowest BCUT2D eigenvalue weighted by Crippen LogP contribution is -2.37. The molecule has 0 amide bonds. The van der Waals surface area contributed by atoms with E-state index in [-0.39, 0.29) is 5.92 Å². The summed E-state index contributed by atoms with van der Waals surface area (Å²) in [6.07, 6.45) is 8.93. The van der Waals surface area contributed by atoms with Gasteiger partial charge in [-0.3, -0.25) is 4.79 Å². The number of ketones is 1. The van der Waals surface area contributed by atoms with E-state index in [0.717, 1.165) is 0 Å². The molecule has 0 spiro atoms. The number of carbonyl (C=O) groups is 1. The first-order chi connectivity index (χ1) is 10.0. The van der Waals surface area contributed by atoms with E-state index in [0.29, 0.717) is 29.5 Å². The Balaban J connectivity index is 2.19. The van der Waals surface area contributed by atoms with Gasteiger partial charge in [0.15, 0.2) is 0 Å². The van der Waals surface area contributed by atoms with Gasteiger partial charge in [0.1, 0.15) is 5.78 Å². The van der Waals surface area contributed by atoms with E-state index in [1.807, 2.05) is 6.07 Å². The summed E-state index contributed by atoms with van der Waals surface area (Å²) in [5.74, 6) is 2.04. The van der Waals surface area contributed by atoms with Gasteiger partial charge in [-0.25, -0.2) is 0 Å². The maximum absolute atomic E-state index is 12.1. The fourth-order valence-corrected chi connectivity index (χ4v) is 3.68. The zero-order valence-electron chi connectivity index (χ0n) is 13.5. The molecule has 1 aliphatic rings. The average molecular weight is 282 g/mol. The molecule has 0 aromatic heterocycles. The second kappa shape index (κ2) is 6.89. The van der Waals surface area contributed by atoms with Crippen LogP contribution in [0.1, 0.15) is 33.3 Å². The summed E-state index contributed by atoms with van der Waals surface area (Å²) in [4.78, 5) is 12.1. The fraction of sp³-hybridized carbons (Fsp3) is 0.450. The van der Waals surface area contributed by atoms with Crippen LogP contribution in [-0.2, 0) is 4.79 Å². The van der Waals surface area contributed by atoms with Crippen molar-refractivity contribution >= 4 is 11.9 Å². The molecule has 1 aromatic carbocycles. The van der Waals surface area contributed by atoms with Crippen LogP contribution < -0.4 is 0 Å². The van der Waals surface area contributed by atoms with Gasteiger partial charge >= 0.3 is 0 Å². The number of allylic oxidation sites excluding steroid dienone is 3. The quantitative estimate of drug-likeness (QED) is 0.710. The van der Waals surface area contributed by atoms with Crippen LogP contribution in [0.5, 0.6) is 0 Å². The molecule has 1 unspecified atom stereocenters. The molecule has 0 radical (unpaired) electrons. The predicted molar refractivity (Wildman–Crippen MR) is 89.8 cm³/mol. The number of hydrogen-bond acceptors (Lipinski definition) is 1. The Morgan fingerprint density at radius 1 is 1.10 bits per heavy atom. The molecule has 0 bridgehead atoms. The van der Waals surface area contributed by atoms with Crippen molar-refractivity contribution in [2.75, 3.05) is 0 Å². The lowest BCUT2D eigenvalue weighted by molar-refractivity contribution is -0.125. The van der Waals surface area contributed by atoms with Gasteiger partial charge in [0.25, 0.3) is 0 Å². The average Bonchev–Trinajstić information content (AvgIpc) is 2.47. The van der Waals surface area contributed by atoms with Crippen molar-refractivity contribution in [1.29, 1.82) is 0 Å². The largest absolute Gasteiger partial charge is 0.300 e.